The first kappa shape index (κ1) is 16.8. The lowest BCUT2D eigenvalue weighted by Gasteiger charge is -2.32. The van der Waals surface area contributed by atoms with Crippen molar-refractivity contribution in [3.05, 3.63) is 65.9 Å². The number of H-pyrrole nitrogens is 1. The van der Waals surface area contributed by atoms with Gasteiger partial charge in [-0.3, -0.25) is 9.89 Å². The predicted octanol–water partition coefficient (Wildman–Crippen LogP) is 2.62. The Bertz CT molecular complexity index is 878. The number of ether oxygens (including phenoxy) is 2. The van der Waals surface area contributed by atoms with E-state index in [0.29, 0.717) is 38.6 Å². The van der Waals surface area contributed by atoms with Gasteiger partial charge in [0.05, 0.1) is 31.4 Å². The Morgan fingerprint density at radius 3 is 2.88 bits per heavy atom. The minimum Gasteiger partial charge on any atom is -0.374 e. The SMILES string of the molecule is O=C(c1n[nH]c2ccccc12)N1CCOC(COCc2ccccc2)C1. The van der Waals surface area contributed by atoms with Crippen LogP contribution in [0.25, 0.3) is 10.9 Å². The molecule has 1 fully saturated rings. The second kappa shape index (κ2) is 7.68. The van der Waals surface area contributed by atoms with E-state index in [1.165, 1.54) is 0 Å². The number of rotatable bonds is 5. The van der Waals surface area contributed by atoms with Gasteiger partial charge in [-0.2, -0.15) is 5.10 Å². The first-order valence-corrected chi connectivity index (χ1v) is 8.77. The monoisotopic (exact) mass is 351 g/mol. The number of para-hydroxylation sites is 1. The molecule has 1 aromatic heterocycles. The minimum atomic E-state index is -0.124. The smallest absolute Gasteiger partial charge is 0.275 e. The van der Waals surface area contributed by atoms with Gasteiger partial charge in [0.25, 0.3) is 5.91 Å². The number of nitrogens with one attached hydrogen (secondary N) is 1. The molecule has 2 heterocycles. The molecule has 1 saturated heterocycles. The Labute approximate surface area is 151 Å². The van der Waals surface area contributed by atoms with Crippen molar-refractivity contribution in [2.75, 3.05) is 26.3 Å². The maximum absolute atomic E-state index is 12.9. The van der Waals surface area contributed by atoms with E-state index in [4.69, 9.17) is 9.47 Å². The number of morpholine rings is 1. The summed E-state index contributed by atoms with van der Waals surface area (Å²) in [5.41, 5.74) is 2.46. The van der Waals surface area contributed by atoms with Crippen LogP contribution in [0.15, 0.2) is 54.6 Å². The summed E-state index contributed by atoms with van der Waals surface area (Å²) >= 11 is 0. The third kappa shape index (κ3) is 3.61. The van der Waals surface area contributed by atoms with Gasteiger partial charge in [-0.1, -0.05) is 48.5 Å². The molecule has 4 rings (SSSR count). The fourth-order valence-corrected chi connectivity index (χ4v) is 3.16. The number of aromatic nitrogens is 2. The van der Waals surface area contributed by atoms with Gasteiger partial charge < -0.3 is 14.4 Å². The molecule has 1 unspecified atom stereocenters. The first-order chi connectivity index (χ1) is 12.8. The lowest BCUT2D eigenvalue weighted by molar-refractivity contribution is -0.0647. The fourth-order valence-electron chi connectivity index (χ4n) is 3.16. The van der Waals surface area contributed by atoms with Gasteiger partial charge in [-0.25, -0.2) is 0 Å². The van der Waals surface area contributed by atoms with Crippen LogP contribution in [0, 0.1) is 0 Å². The van der Waals surface area contributed by atoms with Gasteiger partial charge >= 0.3 is 0 Å². The lowest BCUT2D eigenvalue weighted by Crippen LogP contribution is -2.47. The van der Waals surface area contributed by atoms with Gasteiger partial charge in [0.2, 0.25) is 0 Å². The molecule has 1 N–H and O–H groups in total. The van der Waals surface area contributed by atoms with Crippen LogP contribution < -0.4 is 0 Å². The highest BCUT2D eigenvalue weighted by Crippen LogP contribution is 2.18. The highest BCUT2D eigenvalue weighted by atomic mass is 16.5. The Morgan fingerprint density at radius 2 is 2.00 bits per heavy atom. The first-order valence-electron chi connectivity index (χ1n) is 8.77. The van der Waals surface area contributed by atoms with E-state index < -0.39 is 0 Å². The molecule has 1 amide bonds. The van der Waals surface area contributed by atoms with Gasteiger partial charge in [-0.15, -0.1) is 0 Å². The lowest BCUT2D eigenvalue weighted by atomic mass is 10.2. The topological polar surface area (TPSA) is 67.5 Å². The summed E-state index contributed by atoms with van der Waals surface area (Å²) in [5.74, 6) is -0.0705. The zero-order valence-electron chi connectivity index (χ0n) is 14.4. The second-order valence-corrected chi connectivity index (χ2v) is 6.36. The summed E-state index contributed by atoms with van der Waals surface area (Å²) in [6.45, 7) is 2.58. The number of amides is 1. The summed E-state index contributed by atoms with van der Waals surface area (Å²) in [6.07, 6.45) is -0.124. The van der Waals surface area contributed by atoms with E-state index >= 15 is 0 Å². The highest BCUT2D eigenvalue weighted by Gasteiger charge is 2.27. The largest absolute Gasteiger partial charge is 0.374 e. The van der Waals surface area contributed by atoms with Crippen molar-refractivity contribution in [3.8, 4) is 0 Å². The zero-order valence-corrected chi connectivity index (χ0v) is 14.4. The van der Waals surface area contributed by atoms with Crippen LogP contribution in [0.5, 0.6) is 0 Å². The van der Waals surface area contributed by atoms with Gasteiger partial charge in [0.1, 0.15) is 0 Å². The zero-order chi connectivity index (χ0) is 17.8. The summed E-state index contributed by atoms with van der Waals surface area (Å²) < 4.78 is 11.5. The summed E-state index contributed by atoms with van der Waals surface area (Å²) in [7, 11) is 0. The van der Waals surface area contributed by atoms with Crippen LogP contribution in [-0.4, -0.2) is 53.4 Å². The number of nitrogens with zero attached hydrogens (tertiary/aromatic N) is 2. The molecule has 6 nitrogen and oxygen atoms in total. The molecule has 3 aromatic rings. The molecule has 1 aliphatic rings. The van der Waals surface area contributed by atoms with E-state index in [1.807, 2.05) is 54.6 Å². The van der Waals surface area contributed by atoms with Gasteiger partial charge in [0, 0.05) is 18.5 Å². The van der Waals surface area contributed by atoms with Crippen molar-refractivity contribution in [3.63, 3.8) is 0 Å². The van der Waals surface area contributed by atoms with Crippen LogP contribution in [0.1, 0.15) is 16.1 Å². The maximum atomic E-state index is 12.9. The van der Waals surface area contributed by atoms with Crippen LogP contribution >= 0.6 is 0 Å². The molecule has 1 atom stereocenters. The van der Waals surface area contributed by atoms with Crippen molar-refractivity contribution < 1.29 is 14.3 Å². The van der Waals surface area contributed by atoms with E-state index in [-0.39, 0.29) is 12.0 Å². The third-order valence-corrected chi connectivity index (χ3v) is 4.51. The number of aromatic amines is 1. The van der Waals surface area contributed by atoms with Crippen molar-refractivity contribution >= 4 is 16.8 Å². The fraction of sp³-hybridized carbons (Fsp3) is 0.300. The van der Waals surface area contributed by atoms with E-state index in [0.717, 1.165) is 16.5 Å². The Balaban J connectivity index is 1.36. The van der Waals surface area contributed by atoms with Crippen molar-refractivity contribution in [1.29, 1.82) is 0 Å². The van der Waals surface area contributed by atoms with Crippen LogP contribution in [0.4, 0.5) is 0 Å². The van der Waals surface area contributed by atoms with Gasteiger partial charge in [-0.05, 0) is 11.6 Å². The quantitative estimate of drug-likeness (QED) is 0.767. The molecule has 0 radical (unpaired) electrons. The number of hydrogen-bond acceptors (Lipinski definition) is 4. The summed E-state index contributed by atoms with van der Waals surface area (Å²) in [4.78, 5) is 14.7. The number of benzene rings is 2. The van der Waals surface area contributed by atoms with E-state index in [2.05, 4.69) is 10.2 Å². The molecule has 134 valence electrons. The Kier molecular flexibility index (Phi) is 4.95. The van der Waals surface area contributed by atoms with E-state index in [9.17, 15) is 4.79 Å². The highest BCUT2D eigenvalue weighted by molar-refractivity contribution is 6.04. The predicted molar refractivity (Wildman–Crippen MR) is 97.8 cm³/mol. The molecule has 1 aliphatic heterocycles. The maximum Gasteiger partial charge on any atom is 0.275 e. The standard InChI is InChI=1S/C20H21N3O3/c24-20(19-17-8-4-5-9-18(17)21-22-19)23-10-11-26-16(12-23)14-25-13-15-6-2-1-3-7-15/h1-9,16H,10-14H2,(H,21,22). The average Bonchev–Trinajstić information content (AvgIpc) is 3.13. The number of hydrogen-bond donors (Lipinski definition) is 1. The second-order valence-electron chi connectivity index (χ2n) is 6.36. The number of fused-ring (bicyclic) bond motifs is 1. The molecule has 0 bridgehead atoms. The molecule has 2 aromatic carbocycles. The molecule has 6 heteroatoms. The summed E-state index contributed by atoms with van der Waals surface area (Å²) in [6, 6.07) is 17.7. The number of carbonyl (C=O) groups excluding carboxylic acids is 1. The molecule has 26 heavy (non-hydrogen) atoms. The molecule has 0 saturated carbocycles. The summed E-state index contributed by atoms with van der Waals surface area (Å²) in [5, 5.41) is 7.98. The Hall–Kier alpha value is -2.70. The van der Waals surface area contributed by atoms with Crippen LogP contribution in [-0.2, 0) is 16.1 Å². The van der Waals surface area contributed by atoms with Crippen LogP contribution in [0.3, 0.4) is 0 Å². The molecule has 0 aliphatic carbocycles. The van der Waals surface area contributed by atoms with Crippen molar-refractivity contribution in [1.82, 2.24) is 15.1 Å². The Morgan fingerprint density at radius 1 is 1.19 bits per heavy atom. The molecule has 0 spiro atoms. The van der Waals surface area contributed by atoms with Crippen molar-refractivity contribution in [2.24, 2.45) is 0 Å². The minimum absolute atomic E-state index is 0.0705. The molecular weight excluding hydrogens is 330 g/mol. The average molecular weight is 351 g/mol. The van der Waals surface area contributed by atoms with Crippen molar-refractivity contribution in [2.45, 2.75) is 12.7 Å². The van der Waals surface area contributed by atoms with Crippen LogP contribution in [0.2, 0.25) is 0 Å². The number of carbonyl (C=O) groups is 1. The molecular formula is C20H21N3O3. The normalized spacial score (nSPS) is 17.5. The van der Waals surface area contributed by atoms with E-state index in [1.54, 1.807) is 4.90 Å². The van der Waals surface area contributed by atoms with Gasteiger partial charge in [0.15, 0.2) is 5.69 Å². The third-order valence-electron chi connectivity index (χ3n) is 4.51.